The largest absolute Gasteiger partial charge is 0.490 e. The Hall–Kier alpha value is -3.06. The highest BCUT2D eigenvalue weighted by Gasteiger charge is 2.48. The summed E-state index contributed by atoms with van der Waals surface area (Å²) in [5, 5.41) is 0. The normalized spacial score (nSPS) is 21.0. The average molecular weight is 509 g/mol. The van der Waals surface area contributed by atoms with E-state index in [1.807, 2.05) is 63.2 Å². The van der Waals surface area contributed by atoms with Crippen LogP contribution >= 0.6 is 0 Å². The average Bonchev–Trinajstić information content (AvgIpc) is 2.89. The van der Waals surface area contributed by atoms with Gasteiger partial charge in [0, 0.05) is 6.54 Å². The molecule has 0 bridgehead atoms. The summed E-state index contributed by atoms with van der Waals surface area (Å²) in [6.45, 7) is 6.32. The van der Waals surface area contributed by atoms with Gasteiger partial charge in [-0.25, -0.2) is 0 Å². The van der Waals surface area contributed by atoms with Gasteiger partial charge in [-0.2, -0.15) is 0 Å². The third-order valence-corrected chi connectivity index (χ3v) is 7.51. The van der Waals surface area contributed by atoms with Crippen molar-refractivity contribution in [3.05, 3.63) is 59.2 Å². The van der Waals surface area contributed by atoms with Crippen LogP contribution in [0.5, 0.6) is 11.5 Å². The van der Waals surface area contributed by atoms with Crippen molar-refractivity contribution in [1.82, 2.24) is 9.80 Å². The van der Waals surface area contributed by atoms with Crippen molar-refractivity contribution in [2.75, 3.05) is 40.4 Å². The lowest BCUT2D eigenvalue weighted by atomic mass is 9.68. The van der Waals surface area contributed by atoms with Gasteiger partial charge in [0.2, 0.25) is 5.91 Å². The number of carbonyl (C=O) groups is 2. The molecule has 0 saturated heterocycles. The van der Waals surface area contributed by atoms with Crippen molar-refractivity contribution in [3.63, 3.8) is 0 Å². The number of fused-ring (bicyclic) bond motifs is 2. The molecule has 4 rings (SSSR count). The number of amides is 1. The van der Waals surface area contributed by atoms with Crippen LogP contribution in [-0.4, -0.2) is 62.1 Å². The first kappa shape index (κ1) is 27.0. The molecule has 1 saturated carbocycles. The third-order valence-electron chi connectivity index (χ3n) is 7.51. The van der Waals surface area contributed by atoms with Crippen molar-refractivity contribution >= 4 is 11.9 Å². The van der Waals surface area contributed by atoms with Crippen LogP contribution in [0.25, 0.3) is 0 Å². The highest BCUT2D eigenvalue weighted by molar-refractivity contribution is 5.80. The summed E-state index contributed by atoms with van der Waals surface area (Å²) >= 11 is 0. The fourth-order valence-electron chi connectivity index (χ4n) is 5.81. The quantitative estimate of drug-likeness (QED) is 0.463. The molecule has 0 atom stereocenters. The summed E-state index contributed by atoms with van der Waals surface area (Å²) < 4.78 is 17.5. The lowest BCUT2D eigenvalue weighted by molar-refractivity contribution is -0.153. The number of carbonyl (C=O) groups excluding carboxylic acids is 2. The van der Waals surface area contributed by atoms with Gasteiger partial charge < -0.3 is 24.0 Å². The molecular weight excluding hydrogens is 468 g/mol. The number of nitrogens with zero attached hydrogens (tertiary/aromatic N) is 2. The maximum atomic E-state index is 13.5. The molecule has 1 amide bonds. The molecule has 0 unspecified atom stereocenters. The summed E-state index contributed by atoms with van der Waals surface area (Å²) in [5.41, 5.74) is 2.85. The van der Waals surface area contributed by atoms with Gasteiger partial charge in [-0.15, -0.1) is 0 Å². The van der Waals surface area contributed by atoms with E-state index in [0.29, 0.717) is 57.7 Å². The van der Waals surface area contributed by atoms with Gasteiger partial charge in [-0.05, 0) is 88.9 Å². The molecule has 1 aliphatic heterocycles. The molecule has 37 heavy (non-hydrogen) atoms. The second kappa shape index (κ2) is 12.0. The van der Waals surface area contributed by atoms with Crippen molar-refractivity contribution in [2.45, 2.75) is 58.1 Å². The van der Waals surface area contributed by atoms with E-state index in [-0.39, 0.29) is 24.4 Å². The fraction of sp³-hybridized carbons (Fsp3) is 0.533. The SMILES string of the molecule is CCOc1cc2c(cc1OCC)[C@]1(CC[C@H](C(=O)OCc3ccccc3)CC1)N(C(=O)CN(C)C)CC2. The Bertz CT molecular complexity index is 1080. The smallest absolute Gasteiger partial charge is 0.309 e. The number of rotatable bonds is 9. The molecule has 0 N–H and O–H groups in total. The zero-order valence-corrected chi connectivity index (χ0v) is 22.6. The molecular formula is C30H40N2O5. The lowest BCUT2D eigenvalue weighted by Crippen LogP contribution is -2.57. The minimum Gasteiger partial charge on any atom is -0.490 e. The zero-order valence-electron chi connectivity index (χ0n) is 22.6. The molecule has 1 aliphatic carbocycles. The molecule has 0 aromatic heterocycles. The Balaban J connectivity index is 1.60. The Morgan fingerprint density at radius 3 is 2.27 bits per heavy atom. The first-order valence-corrected chi connectivity index (χ1v) is 13.5. The van der Waals surface area contributed by atoms with Gasteiger partial charge in [0.15, 0.2) is 11.5 Å². The van der Waals surface area contributed by atoms with Crippen LogP contribution in [0.2, 0.25) is 0 Å². The van der Waals surface area contributed by atoms with Gasteiger partial charge in [0.1, 0.15) is 6.61 Å². The summed E-state index contributed by atoms with van der Waals surface area (Å²) in [6, 6.07) is 13.9. The maximum absolute atomic E-state index is 13.5. The van der Waals surface area contributed by atoms with Crippen molar-refractivity contribution in [3.8, 4) is 11.5 Å². The standard InChI is InChI=1S/C30H40N2O5/c1-5-35-26-18-24-14-17-32(28(33)20-31(3)4)30(25(24)19-27(26)36-6-2)15-12-23(13-16-30)29(34)37-21-22-10-8-7-9-11-22/h7-11,18-19,23H,5-6,12-17,20-21H2,1-4H3/t23-,30+. The second-order valence-corrected chi connectivity index (χ2v) is 10.3. The predicted octanol–water partition coefficient (Wildman–Crippen LogP) is 4.56. The van der Waals surface area contributed by atoms with Gasteiger partial charge >= 0.3 is 5.97 Å². The monoisotopic (exact) mass is 508 g/mol. The van der Waals surface area contributed by atoms with E-state index in [1.165, 1.54) is 5.56 Å². The molecule has 7 heteroatoms. The summed E-state index contributed by atoms with van der Waals surface area (Å²) in [5.74, 6) is 1.27. The second-order valence-electron chi connectivity index (χ2n) is 10.3. The van der Waals surface area contributed by atoms with Crippen LogP contribution in [0.15, 0.2) is 42.5 Å². The third kappa shape index (κ3) is 5.93. The minimum atomic E-state index is -0.465. The van der Waals surface area contributed by atoms with E-state index in [4.69, 9.17) is 14.2 Å². The number of hydrogen-bond donors (Lipinski definition) is 0. The van der Waals surface area contributed by atoms with Crippen molar-refractivity contribution in [1.29, 1.82) is 0 Å². The van der Waals surface area contributed by atoms with E-state index < -0.39 is 5.54 Å². The Labute approximate surface area is 220 Å². The highest BCUT2D eigenvalue weighted by Crippen LogP contribution is 2.50. The van der Waals surface area contributed by atoms with E-state index in [1.54, 1.807) is 0 Å². The van der Waals surface area contributed by atoms with Crippen LogP contribution in [0.3, 0.4) is 0 Å². The van der Waals surface area contributed by atoms with E-state index in [9.17, 15) is 9.59 Å². The number of esters is 1. The molecule has 1 spiro atoms. The number of benzene rings is 2. The number of likely N-dealkylation sites (N-methyl/N-ethyl adjacent to an activating group) is 1. The first-order chi connectivity index (χ1) is 17.9. The van der Waals surface area contributed by atoms with Crippen molar-refractivity contribution in [2.24, 2.45) is 5.92 Å². The summed E-state index contributed by atoms with van der Waals surface area (Å²) in [6.07, 6.45) is 3.55. The molecule has 200 valence electrons. The number of ether oxygens (including phenoxy) is 3. The van der Waals surface area contributed by atoms with Crippen LogP contribution in [0, 0.1) is 5.92 Å². The Morgan fingerprint density at radius 2 is 1.65 bits per heavy atom. The molecule has 0 radical (unpaired) electrons. The van der Waals surface area contributed by atoms with Crippen molar-refractivity contribution < 1.29 is 23.8 Å². The Morgan fingerprint density at radius 1 is 1.00 bits per heavy atom. The van der Waals surface area contributed by atoms with Gasteiger partial charge in [-0.1, -0.05) is 30.3 Å². The molecule has 1 heterocycles. The number of hydrogen-bond acceptors (Lipinski definition) is 6. The van der Waals surface area contributed by atoms with Gasteiger partial charge in [0.05, 0.1) is 31.2 Å². The molecule has 2 aliphatic rings. The van der Waals surface area contributed by atoms with Gasteiger partial charge in [-0.3, -0.25) is 9.59 Å². The summed E-state index contributed by atoms with van der Waals surface area (Å²) in [4.78, 5) is 30.4. The Kier molecular flexibility index (Phi) is 8.75. The summed E-state index contributed by atoms with van der Waals surface area (Å²) in [7, 11) is 3.84. The van der Waals surface area contributed by atoms with E-state index in [2.05, 4.69) is 17.0 Å². The fourth-order valence-corrected chi connectivity index (χ4v) is 5.81. The van der Waals surface area contributed by atoms with Gasteiger partial charge in [0.25, 0.3) is 0 Å². The van der Waals surface area contributed by atoms with Crippen LogP contribution < -0.4 is 9.47 Å². The van der Waals surface area contributed by atoms with Crippen LogP contribution in [0.1, 0.15) is 56.2 Å². The molecule has 1 fully saturated rings. The van der Waals surface area contributed by atoms with Crippen LogP contribution in [0.4, 0.5) is 0 Å². The molecule has 2 aromatic rings. The minimum absolute atomic E-state index is 0.118. The first-order valence-electron chi connectivity index (χ1n) is 13.5. The predicted molar refractivity (Wildman–Crippen MR) is 143 cm³/mol. The zero-order chi connectivity index (χ0) is 26.4. The highest BCUT2D eigenvalue weighted by atomic mass is 16.5. The topological polar surface area (TPSA) is 68.3 Å². The van der Waals surface area contributed by atoms with E-state index >= 15 is 0 Å². The maximum Gasteiger partial charge on any atom is 0.309 e. The molecule has 7 nitrogen and oxygen atoms in total. The van der Waals surface area contributed by atoms with E-state index in [0.717, 1.165) is 23.3 Å². The van der Waals surface area contributed by atoms with Crippen LogP contribution in [-0.2, 0) is 32.9 Å². The molecule has 2 aromatic carbocycles. The lowest BCUT2D eigenvalue weighted by Gasteiger charge is -2.52.